The average Bonchev–Trinajstić information content (AvgIpc) is 2.78. The smallest absolute Gasteiger partial charge is 0.245 e. The number of rotatable bonds is 8. The minimum absolute atomic E-state index is 0.0334. The highest BCUT2D eigenvalue weighted by molar-refractivity contribution is 7.98. The number of nitrogens with zero attached hydrogens (tertiary/aromatic N) is 3. The van der Waals surface area contributed by atoms with Gasteiger partial charge in [-0.3, -0.25) is 9.59 Å². The van der Waals surface area contributed by atoms with E-state index in [1.54, 1.807) is 11.8 Å². The van der Waals surface area contributed by atoms with Crippen LogP contribution in [0.25, 0.3) is 0 Å². The highest BCUT2D eigenvalue weighted by atomic mass is 32.2. The molecule has 0 saturated carbocycles. The minimum Gasteiger partial charge on any atom is -0.345 e. The van der Waals surface area contributed by atoms with Gasteiger partial charge in [0.05, 0.1) is 5.69 Å². The summed E-state index contributed by atoms with van der Waals surface area (Å²) in [5.74, 6) is 1.82. The maximum absolute atomic E-state index is 13.0. The van der Waals surface area contributed by atoms with Crippen LogP contribution in [0.3, 0.4) is 0 Å². The van der Waals surface area contributed by atoms with E-state index in [9.17, 15) is 9.59 Å². The van der Waals surface area contributed by atoms with Gasteiger partial charge in [-0.2, -0.15) is 11.8 Å². The molecule has 1 aromatic carbocycles. The molecule has 166 valence electrons. The first-order valence-electron chi connectivity index (χ1n) is 10.9. The monoisotopic (exact) mass is 440 g/mol. The number of carbonyl (C=O) groups is 2. The van der Waals surface area contributed by atoms with Crippen LogP contribution in [-0.2, 0) is 16.0 Å². The van der Waals surface area contributed by atoms with Crippen molar-refractivity contribution in [2.75, 3.05) is 25.1 Å². The van der Waals surface area contributed by atoms with E-state index in [0.717, 1.165) is 42.1 Å². The highest BCUT2D eigenvalue weighted by Crippen LogP contribution is 2.30. The number of nitrogens with one attached hydrogen (secondary N) is 1. The zero-order chi connectivity index (χ0) is 22.2. The van der Waals surface area contributed by atoms with Gasteiger partial charge in [0.15, 0.2) is 0 Å². The molecule has 2 heterocycles. The van der Waals surface area contributed by atoms with E-state index in [1.165, 1.54) is 12.5 Å². The predicted molar refractivity (Wildman–Crippen MR) is 125 cm³/mol. The largest absolute Gasteiger partial charge is 0.345 e. The van der Waals surface area contributed by atoms with Gasteiger partial charge in [-0.05, 0) is 49.3 Å². The molecule has 1 aliphatic rings. The van der Waals surface area contributed by atoms with Gasteiger partial charge in [0, 0.05) is 38.5 Å². The third kappa shape index (κ3) is 6.53. The molecule has 0 spiro atoms. The summed E-state index contributed by atoms with van der Waals surface area (Å²) < 4.78 is 0. The van der Waals surface area contributed by atoms with Crippen molar-refractivity contribution in [2.24, 2.45) is 0 Å². The molecule has 0 unspecified atom stereocenters. The Balaban J connectivity index is 1.68. The van der Waals surface area contributed by atoms with Gasteiger partial charge in [-0.15, -0.1) is 0 Å². The van der Waals surface area contributed by atoms with Crippen molar-refractivity contribution in [2.45, 2.75) is 51.5 Å². The maximum atomic E-state index is 13.0. The second-order valence-electron chi connectivity index (χ2n) is 8.12. The number of amides is 2. The molecule has 1 aliphatic heterocycles. The van der Waals surface area contributed by atoms with Gasteiger partial charge in [0.1, 0.15) is 11.9 Å². The number of aromatic nitrogens is 2. The fourth-order valence-corrected chi connectivity index (χ4v) is 4.62. The standard InChI is InChI=1S/C24H32N4O2S/c1-17-25-16-21(15-19-7-5-4-6-8-19)23(26-17)20-9-12-28(13-10-20)24(30)22(11-14-31-3)27-18(2)29/h4-8,16,20,22H,9-15H2,1-3H3,(H,27,29)/t22-/m0/s1. The first kappa shape index (κ1) is 23.3. The molecule has 3 rings (SSSR count). The number of benzene rings is 1. The van der Waals surface area contributed by atoms with Crippen LogP contribution >= 0.6 is 11.8 Å². The van der Waals surface area contributed by atoms with Crippen LogP contribution in [0.5, 0.6) is 0 Å². The molecule has 1 saturated heterocycles. The number of hydrogen-bond donors (Lipinski definition) is 1. The van der Waals surface area contributed by atoms with Crippen LogP contribution < -0.4 is 5.32 Å². The summed E-state index contributed by atoms with van der Waals surface area (Å²) in [5.41, 5.74) is 3.53. The molecule has 0 radical (unpaired) electrons. The van der Waals surface area contributed by atoms with E-state index in [-0.39, 0.29) is 11.8 Å². The summed E-state index contributed by atoms with van der Waals surface area (Å²) in [6.07, 6.45) is 7.19. The van der Waals surface area contributed by atoms with Crippen LogP contribution in [0.15, 0.2) is 36.5 Å². The Bertz CT molecular complexity index is 882. The first-order chi connectivity index (χ1) is 15.0. The quantitative estimate of drug-likeness (QED) is 0.681. The minimum atomic E-state index is -0.434. The van der Waals surface area contributed by atoms with Crippen LogP contribution in [0.4, 0.5) is 0 Å². The van der Waals surface area contributed by atoms with Gasteiger partial charge in [0.25, 0.3) is 0 Å². The van der Waals surface area contributed by atoms with Gasteiger partial charge in [-0.25, -0.2) is 9.97 Å². The van der Waals surface area contributed by atoms with Crippen LogP contribution in [0.2, 0.25) is 0 Å². The Morgan fingerprint density at radius 2 is 1.94 bits per heavy atom. The number of carbonyl (C=O) groups excluding carboxylic acids is 2. The second kappa shape index (κ2) is 11.3. The number of piperidine rings is 1. The molecule has 0 aliphatic carbocycles. The highest BCUT2D eigenvalue weighted by Gasteiger charge is 2.30. The van der Waals surface area contributed by atoms with Crippen molar-refractivity contribution >= 4 is 23.6 Å². The zero-order valence-corrected chi connectivity index (χ0v) is 19.5. The molecule has 31 heavy (non-hydrogen) atoms. The molecular formula is C24H32N4O2S. The van der Waals surface area contributed by atoms with Crippen molar-refractivity contribution in [1.29, 1.82) is 0 Å². The Kier molecular flexibility index (Phi) is 8.46. The summed E-state index contributed by atoms with van der Waals surface area (Å²) in [4.78, 5) is 35.7. The van der Waals surface area contributed by atoms with Crippen molar-refractivity contribution in [1.82, 2.24) is 20.2 Å². The molecular weight excluding hydrogens is 408 g/mol. The Labute approximate surface area is 189 Å². The van der Waals surface area contributed by atoms with E-state index >= 15 is 0 Å². The number of hydrogen-bond acceptors (Lipinski definition) is 5. The third-order valence-corrected chi connectivity index (χ3v) is 6.38. The zero-order valence-electron chi connectivity index (χ0n) is 18.6. The van der Waals surface area contributed by atoms with Gasteiger partial charge >= 0.3 is 0 Å². The Morgan fingerprint density at radius 3 is 2.58 bits per heavy atom. The molecule has 2 aromatic rings. The number of aryl methyl sites for hydroxylation is 1. The molecule has 7 heteroatoms. The first-order valence-corrected chi connectivity index (χ1v) is 12.3. The lowest BCUT2D eigenvalue weighted by atomic mass is 9.89. The SMILES string of the molecule is CSCC[C@H](NC(C)=O)C(=O)N1CCC(c2nc(C)ncc2Cc2ccccc2)CC1. The summed E-state index contributed by atoms with van der Waals surface area (Å²) in [6, 6.07) is 9.95. The van der Waals surface area contributed by atoms with Crippen molar-refractivity contribution in [3.63, 3.8) is 0 Å². The molecule has 1 fully saturated rings. The lowest BCUT2D eigenvalue weighted by Crippen LogP contribution is -2.50. The van der Waals surface area contributed by atoms with E-state index in [2.05, 4.69) is 34.6 Å². The van der Waals surface area contributed by atoms with Crippen molar-refractivity contribution in [3.05, 3.63) is 59.2 Å². The second-order valence-corrected chi connectivity index (χ2v) is 9.11. The van der Waals surface area contributed by atoms with E-state index in [4.69, 9.17) is 4.98 Å². The molecule has 0 bridgehead atoms. The van der Waals surface area contributed by atoms with Crippen LogP contribution in [-0.4, -0.2) is 57.8 Å². The molecule has 6 nitrogen and oxygen atoms in total. The molecule has 1 atom stereocenters. The molecule has 2 amide bonds. The summed E-state index contributed by atoms with van der Waals surface area (Å²) >= 11 is 1.69. The summed E-state index contributed by atoms with van der Waals surface area (Å²) in [7, 11) is 0. The van der Waals surface area contributed by atoms with Gasteiger partial charge in [-0.1, -0.05) is 30.3 Å². The topological polar surface area (TPSA) is 75.2 Å². The predicted octanol–water partition coefficient (Wildman–Crippen LogP) is 3.34. The van der Waals surface area contributed by atoms with E-state index in [0.29, 0.717) is 25.4 Å². The van der Waals surface area contributed by atoms with Crippen LogP contribution in [0, 0.1) is 6.92 Å². The van der Waals surface area contributed by atoms with Crippen molar-refractivity contribution in [3.8, 4) is 0 Å². The number of likely N-dealkylation sites (tertiary alicyclic amines) is 1. The lowest BCUT2D eigenvalue weighted by Gasteiger charge is -2.34. The van der Waals surface area contributed by atoms with Crippen LogP contribution in [0.1, 0.15) is 54.7 Å². The normalized spacial score (nSPS) is 15.5. The molecule has 1 N–H and O–H groups in total. The Hall–Kier alpha value is -2.41. The van der Waals surface area contributed by atoms with Gasteiger partial charge in [0.2, 0.25) is 11.8 Å². The summed E-state index contributed by atoms with van der Waals surface area (Å²) in [5, 5.41) is 2.83. The fourth-order valence-electron chi connectivity index (χ4n) is 4.15. The lowest BCUT2D eigenvalue weighted by molar-refractivity contribution is -0.137. The maximum Gasteiger partial charge on any atom is 0.245 e. The number of thioether (sulfide) groups is 1. The fraction of sp³-hybridized carbons (Fsp3) is 0.500. The van der Waals surface area contributed by atoms with E-state index < -0.39 is 6.04 Å². The third-order valence-electron chi connectivity index (χ3n) is 5.74. The van der Waals surface area contributed by atoms with E-state index in [1.807, 2.05) is 30.3 Å². The van der Waals surface area contributed by atoms with Crippen molar-refractivity contribution < 1.29 is 9.59 Å². The molecule has 1 aromatic heterocycles. The average molecular weight is 441 g/mol. The van der Waals surface area contributed by atoms with Gasteiger partial charge < -0.3 is 10.2 Å². The Morgan fingerprint density at radius 1 is 1.23 bits per heavy atom. The summed E-state index contributed by atoms with van der Waals surface area (Å²) in [6.45, 7) is 4.77.